The molecule has 0 spiro atoms. The predicted molar refractivity (Wildman–Crippen MR) is 97.2 cm³/mol. The lowest BCUT2D eigenvalue weighted by molar-refractivity contribution is -0.138. The van der Waals surface area contributed by atoms with Gasteiger partial charge in [-0.25, -0.2) is 0 Å². The topological polar surface area (TPSA) is 33.1 Å². The van der Waals surface area contributed by atoms with Crippen LogP contribution in [0, 0.1) is 0 Å². The van der Waals surface area contributed by atoms with Crippen LogP contribution in [0.3, 0.4) is 0 Å². The zero-order valence-corrected chi connectivity index (χ0v) is 14.9. The number of halogens is 3. The monoisotopic (exact) mass is 363 g/mol. The van der Waals surface area contributed by atoms with Gasteiger partial charge in [0.05, 0.1) is 5.56 Å². The third-order valence-electron chi connectivity index (χ3n) is 4.50. The van der Waals surface area contributed by atoms with E-state index in [1.165, 1.54) is 12.1 Å². The highest BCUT2D eigenvalue weighted by Crippen LogP contribution is 2.38. The molecule has 0 aliphatic carbocycles. The summed E-state index contributed by atoms with van der Waals surface area (Å²) in [6.07, 6.45) is 2.86. The molecule has 1 aromatic heterocycles. The highest BCUT2D eigenvalue weighted by molar-refractivity contribution is 5.44. The standard InChI is InChI=1S/C21H24F3NO/c1-3-5-9-15(8-4-2)17-11-7-13-25-19(17)14-16-10-6-12-18(20(16)26)21(22,23)24/h3,6-7,10-13,15,26H,1,4-5,8-9,14H2,2H3. The number of allylic oxidation sites excluding steroid dienone is 1. The highest BCUT2D eigenvalue weighted by atomic mass is 19.4. The summed E-state index contributed by atoms with van der Waals surface area (Å²) in [4.78, 5) is 4.40. The van der Waals surface area contributed by atoms with Gasteiger partial charge in [-0.2, -0.15) is 13.2 Å². The van der Waals surface area contributed by atoms with E-state index >= 15 is 0 Å². The first-order chi connectivity index (χ1) is 12.4. The molecule has 5 heteroatoms. The maximum Gasteiger partial charge on any atom is 0.419 e. The van der Waals surface area contributed by atoms with Crippen LogP contribution in [-0.2, 0) is 12.6 Å². The number of benzene rings is 1. The number of nitrogens with zero attached hydrogens (tertiary/aromatic N) is 1. The van der Waals surface area contributed by atoms with Crippen molar-refractivity contribution in [2.24, 2.45) is 0 Å². The first-order valence-corrected chi connectivity index (χ1v) is 8.81. The summed E-state index contributed by atoms with van der Waals surface area (Å²) in [5, 5.41) is 10.1. The van der Waals surface area contributed by atoms with Crippen molar-refractivity contribution in [2.75, 3.05) is 0 Å². The first-order valence-electron chi connectivity index (χ1n) is 8.81. The molecular formula is C21H24F3NO. The van der Waals surface area contributed by atoms with E-state index in [2.05, 4.69) is 18.5 Å². The Morgan fingerprint density at radius 3 is 2.62 bits per heavy atom. The zero-order valence-electron chi connectivity index (χ0n) is 14.9. The smallest absolute Gasteiger partial charge is 0.419 e. The van der Waals surface area contributed by atoms with E-state index in [0.717, 1.165) is 37.3 Å². The lowest BCUT2D eigenvalue weighted by Gasteiger charge is -2.20. The number of aromatic nitrogens is 1. The summed E-state index contributed by atoms with van der Waals surface area (Å²) in [5.74, 6) is -0.440. The number of rotatable bonds is 8. The molecule has 0 radical (unpaired) electrons. The number of aromatic hydroxyl groups is 1. The Balaban J connectivity index is 2.38. The minimum Gasteiger partial charge on any atom is -0.507 e. The summed E-state index contributed by atoms with van der Waals surface area (Å²) in [6, 6.07) is 7.56. The van der Waals surface area contributed by atoms with Crippen molar-refractivity contribution < 1.29 is 18.3 Å². The lowest BCUT2D eigenvalue weighted by Crippen LogP contribution is -2.08. The van der Waals surface area contributed by atoms with Crippen LogP contribution in [0.5, 0.6) is 5.75 Å². The van der Waals surface area contributed by atoms with Crippen LogP contribution in [0.15, 0.2) is 49.2 Å². The Morgan fingerprint density at radius 2 is 1.96 bits per heavy atom. The molecule has 0 aliphatic heterocycles. The molecule has 0 bridgehead atoms. The van der Waals surface area contributed by atoms with Crippen molar-refractivity contribution in [3.63, 3.8) is 0 Å². The average Bonchev–Trinajstić information content (AvgIpc) is 2.60. The van der Waals surface area contributed by atoms with E-state index in [9.17, 15) is 18.3 Å². The maximum atomic E-state index is 13.0. The van der Waals surface area contributed by atoms with Gasteiger partial charge in [-0.05, 0) is 42.9 Å². The van der Waals surface area contributed by atoms with E-state index in [1.807, 2.05) is 18.2 Å². The average molecular weight is 363 g/mol. The largest absolute Gasteiger partial charge is 0.507 e. The maximum absolute atomic E-state index is 13.0. The van der Waals surface area contributed by atoms with Crippen molar-refractivity contribution in [1.29, 1.82) is 0 Å². The van der Waals surface area contributed by atoms with Crippen molar-refractivity contribution in [2.45, 2.75) is 51.1 Å². The van der Waals surface area contributed by atoms with Gasteiger partial charge < -0.3 is 5.11 Å². The number of phenols is 1. The quantitative estimate of drug-likeness (QED) is 0.563. The number of para-hydroxylation sites is 1. The molecule has 1 aromatic carbocycles. The molecule has 1 N–H and O–H groups in total. The van der Waals surface area contributed by atoms with E-state index in [0.29, 0.717) is 5.69 Å². The van der Waals surface area contributed by atoms with Crippen molar-refractivity contribution in [3.05, 3.63) is 71.6 Å². The van der Waals surface area contributed by atoms with Crippen LogP contribution in [0.1, 0.15) is 60.9 Å². The highest BCUT2D eigenvalue weighted by Gasteiger charge is 2.34. The van der Waals surface area contributed by atoms with Gasteiger partial charge in [0.25, 0.3) is 0 Å². The van der Waals surface area contributed by atoms with Crippen LogP contribution in [0.25, 0.3) is 0 Å². The Morgan fingerprint density at radius 1 is 1.19 bits per heavy atom. The molecule has 0 saturated heterocycles. The summed E-state index contributed by atoms with van der Waals surface area (Å²) < 4.78 is 39.1. The van der Waals surface area contributed by atoms with Crippen LogP contribution in [0.2, 0.25) is 0 Å². The van der Waals surface area contributed by atoms with E-state index < -0.39 is 17.5 Å². The number of hydrogen-bond donors (Lipinski definition) is 1. The Bertz CT molecular complexity index is 740. The van der Waals surface area contributed by atoms with Gasteiger partial charge in [0.1, 0.15) is 5.75 Å². The summed E-state index contributed by atoms with van der Waals surface area (Å²) in [5.41, 5.74) is 0.973. The van der Waals surface area contributed by atoms with Crippen molar-refractivity contribution in [1.82, 2.24) is 4.98 Å². The van der Waals surface area contributed by atoms with Crippen molar-refractivity contribution >= 4 is 0 Å². The van der Waals surface area contributed by atoms with Crippen LogP contribution >= 0.6 is 0 Å². The predicted octanol–water partition coefficient (Wildman–Crippen LogP) is 6.25. The van der Waals surface area contributed by atoms with E-state index in [-0.39, 0.29) is 17.9 Å². The van der Waals surface area contributed by atoms with Crippen LogP contribution in [-0.4, -0.2) is 10.1 Å². The van der Waals surface area contributed by atoms with Gasteiger partial charge in [0.2, 0.25) is 0 Å². The number of hydrogen-bond acceptors (Lipinski definition) is 2. The summed E-state index contributed by atoms with van der Waals surface area (Å²) in [7, 11) is 0. The fourth-order valence-corrected chi connectivity index (χ4v) is 3.24. The normalized spacial score (nSPS) is 12.8. The molecule has 2 rings (SSSR count). The molecule has 2 aromatic rings. The molecule has 1 unspecified atom stereocenters. The molecule has 0 aliphatic rings. The van der Waals surface area contributed by atoms with E-state index in [4.69, 9.17) is 0 Å². The Labute approximate surface area is 152 Å². The molecule has 1 heterocycles. The summed E-state index contributed by atoms with van der Waals surface area (Å²) >= 11 is 0. The minimum absolute atomic E-state index is 0.167. The lowest BCUT2D eigenvalue weighted by atomic mass is 9.87. The molecule has 26 heavy (non-hydrogen) atoms. The number of alkyl halides is 3. The molecule has 0 saturated carbocycles. The molecule has 0 amide bonds. The molecule has 140 valence electrons. The third-order valence-corrected chi connectivity index (χ3v) is 4.50. The molecule has 2 nitrogen and oxygen atoms in total. The molecular weight excluding hydrogens is 339 g/mol. The second-order valence-electron chi connectivity index (χ2n) is 6.38. The van der Waals surface area contributed by atoms with Crippen molar-refractivity contribution in [3.8, 4) is 5.75 Å². The van der Waals surface area contributed by atoms with E-state index in [1.54, 1.807) is 6.20 Å². The van der Waals surface area contributed by atoms with Gasteiger partial charge >= 0.3 is 6.18 Å². The first kappa shape index (κ1) is 20.0. The fourth-order valence-electron chi connectivity index (χ4n) is 3.24. The SMILES string of the molecule is C=CCCC(CCC)c1cccnc1Cc1cccc(C(F)(F)F)c1O. The number of phenolic OH excluding ortho intramolecular Hbond substituents is 1. The fraction of sp³-hybridized carbons (Fsp3) is 0.381. The zero-order chi connectivity index (χ0) is 19.2. The van der Waals surface area contributed by atoms with Crippen LogP contribution < -0.4 is 0 Å². The third kappa shape index (κ3) is 4.87. The second kappa shape index (κ2) is 8.88. The molecule has 0 fully saturated rings. The second-order valence-corrected chi connectivity index (χ2v) is 6.38. The van der Waals surface area contributed by atoms with Gasteiger partial charge in [-0.1, -0.05) is 37.6 Å². The minimum atomic E-state index is -4.58. The Hall–Kier alpha value is -2.30. The van der Waals surface area contributed by atoms with Crippen LogP contribution in [0.4, 0.5) is 13.2 Å². The molecule has 1 atom stereocenters. The Kier molecular flexibility index (Phi) is 6.83. The van der Waals surface area contributed by atoms with Gasteiger partial charge in [0, 0.05) is 23.9 Å². The van der Waals surface area contributed by atoms with Gasteiger partial charge in [0.15, 0.2) is 0 Å². The summed E-state index contributed by atoms with van der Waals surface area (Å²) in [6.45, 7) is 5.87. The number of pyridine rings is 1. The van der Waals surface area contributed by atoms with Gasteiger partial charge in [-0.3, -0.25) is 4.98 Å². The van der Waals surface area contributed by atoms with Gasteiger partial charge in [-0.15, -0.1) is 6.58 Å².